The Morgan fingerprint density at radius 3 is 2.72 bits per heavy atom. The van der Waals surface area contributed by atoms with Crippen LogP contribution in [0.15, 0.2) is 36.7 Å². The summed E-state index contributed by atoms with van der Waals surface area (Å²) in [6.45, 7) is 2.21. The van der Waals surface area contributed by atoms with E-state index < -0.39 is 17.6 Å². The van der Waals surface area contributed by atoms with Gasteiger partial charge in [-0.1, -0.05) is 6.07 Å². The number of hydrogen-bond acceptors (Lipinski definition) is 5. The minimum absolute atomic E-state index is 0.0444. The molecule has 3 aromatic rings. The lowest BCUT2D eigenvalue weighted by molar-refractivity contribution is -0.259. The fourth-order valence-electron chi connectivity index (χ4n) is 3.28. The highest BCUT2D eigenvalue weighted by Crippen LogP contribution is 2.38. The molecule has 2 atom stereocenters. The van der Waals surface area contributed by atoms with Gasteiger partial charge in [-0.05, 0) is 38.1 Å². The van der Waals surface area contributed by atoms with Crippen molar-refractivity contribution in [3.8, 4) is 11.4 Å². The third-order valence-corrected chi connectivity index (χ3v) is 5.13. The summed E-state index contributed by atoms with van der Waals surface area (Å²) in [5, 5.41) is 16.2. The maximum atomic E-state index is 14.2. The lowest BCUT2D eigenvalue weighted by atomic mass is 9.97. The largest absolute Gasteiger partial charge is 0.421 e. The zero-order valence-electron chi connectivity index (χ0n) is 15.5. The van der Waals surface area contributed by atoms with E-state index in [4.69, 9.17) is 0 Å². The van der Waals surface area contributed by atoms with Crippen LogP contribution >= 0.6 is 0 Å². The first-order chi connectivity index (χ1) is 13.7. The maximum Gasteiger partial charge on any atom is 0.421 e. The molecule has 1 fully saturated rings. The number of hydrogen-bond donors (Lipinski definition) is 3. The van der Waals surface area contributed by atoms with Crippen LogP contribution in [0.5, 0.6) is 0 Å². The van der Waals surface area contributed by atoms with Crippen molar-refractivity contribution in [3.63, 3.8) is 0 Å². The summed E-state index contributed by atoms with van der Waals surface area (Å²) < 4.78 is 55.3. The van der Waals surface area contributed by atoms with Crippen molar-refractivity contribution < 1.29 is 22.7 Å². The molecule has 0 aromatic carbocycles. The van der Waals surface area contributed by atoms with Gasteiger partial charge >= 0.3 is 6.18 Å². The van der Waals surface area contributed by atoms with Crippen molar-refractivity contribution in [1.29, 1.82) is 0 Å². The van der Waals surface area contributed by atoms with Gasteiger partial charge in [-0.25, -0.2) is 14.4 Å². The van der Waals surface area contributed by atoms with Crippen molar-refractivity contribution in [2.75, 3.05) is 18.4 Å². The first-order valence-corrected chi connectivity index (χ1v) is 9.07. The molecule has 6 nitrogen and oxygen atoms in total. The topological polar surface area (TPSA) is 74.5 Å². The molecule has 1 saturated heterocycles. The van der Waals surface area contributed by atoms with E-state index in [9.17, 15) is 22.7 Å². The number of aromatic nitrogens is 3. The molecule has 3 N–H and O–H groups in total. The molecule has 1 aliphatic rings. The number of fused-ring (bicyclic) bond motifs is 1. The Labute approximate surface area is 163 Å². The molecule has 0 radical (unpaired) electrons. The Balaban J connectivity index is 1.75. The Morgan fingerprint density at radius 2 is 2.03 bits per heavy atom. The molecule has 1 aliphatic heterocycles. The SMILES string of the molecule is CC(O)(c1ccc2ncc(-c3ccc(F)c(NC4CCNC4)n3)n2c1)C(F)(F)F. The average molecular weight is 409 g/mol. The first-order valence-electron chi connectivity index (χ1n) is 9.07. The van der Waals surface area contributed by atoms with Crippen LogP contribution < -0.4 is 10.6 Å². The van der Waals surface area contributed by atoms with E-state index in [1.165, 1.54) is 41.1 Å². The Hall–Kier alpha value is -2.72. The molecule has 29 heavy (non-hydrogen) atoms. The van der Waals surface area contributed by atoms with E-state index in [0.717, 1.165) is 13.0 Å². The molecular formula is C19H19F4N5O. The van der Waals surface area contributed by atoms with E-state index in [-0.39, 0.29) is 17.4 Å². The monoisotopic (exact) mass is 409 g/mol. The lowest BCUT2D eigenvalue weighted by Crippen LogP contribution is -2.39. The Morgan fingerprint density at radius 1 is 1.24 bits per heavy atom. The summed E-state index contributed by atoms with van der Waals surface area (Å²) in [6, 6.07) is 5.29. The number of nitrogens with zero attached hydrogens (tertiary/aromatic N) is 3. The minimum Gasteiger partial charge on any atom is -0.376 e. The molecule has 0 aliphatic carbocycles. The van der Waals surface area contributed by atoms with Gasteiger partial charge in [0.05, 0.1) is 17.6 Å². The number of nitrogens with one attached hydrogen (secondary N) is 2. The maximum absolute atomic E-state index is 14.2. The highest BCUT2D eigenvalue weighted by molar-refractivity contribution is 5.62. The zero-order chi connectivity index (χ0) is 20.8. The number of imidazole rings is 1. The highest BCUT2D eigenvalue weighted by Gasteiger charge is 2.51. The summed E-state index contributed by atoms with van der Waals surface area (Å²) in [7, 11) is 0. The number of halogens is 4. The Kier molecular flexibility index (Phi) is 4.70. The Bertz CT molecular complexity index is 1040. The predicted molar refractivity (Wildman–Crippen MR) is 98.9 cm³/mol. The van der Waals surface area contributed by atoms with E-state index in [0.29, 0.717) is 30.5 Å². The van der Waals surface area contributed by atoms with Gasteiger partial charge in [0.15, 0.2) is 17.2 Å². The normalized spacial score (nSPS) is 19.4. The van der Waals surface area contributed by atoms with Crippen molar-refractivity contribution in [2.24, 2.45) is 0 Å². The van der Waals surface area contributed by atoms with Gasteiger partial charge in [0.1, 0.15) is 5.65 Å². The van der Waals surface area contributed by atoms with E-state index in [1.54, 1.807) is 0 Å². The third-order valence-electron chi connectivity index (χ3n) is 5.13. The van der Waals surface area contributed by atoms with Crippen LogP contribution in [-0.2, 0) is 5.60 Å². The fourth-order valence-corrected chi connectivity index (χ4v) is 3.28. The molecule has 3 aromatic heterocycles. The smallest absolute Gasteiger partial charge is 0.376 e. The number of anilines is 1. The van der Waals surface area contributed by atoms with Crippen molar-refractivity contribution in [3.05, 3.63) is 48.0 Å². The van der Waals surface area contributed by atoms with Crippen LogP contribution in [0.25, 0.3) is 17.0 Å². The van der Waals surface area contributed by atoms with Crippen LogP contribution in [0.3, 0.4) is 0 Å². The second-order valence-corrected chi connectivity index (χ2v) is 7.22. The zero-order valence-corrected chi connectivity index (χ0v) is 15.5. The molecule has 4 rings (SSSR count). The molecule has 4 heterocycles. The van der Waals surface area contributed by atoms with Gasteiger partial charge in [0, 0.05) is 24.3 Å². The van der Waals surface area contributed by atoms with E-state index in [1.807, 2.05) is 0 Å². The van der Waals surface area contributed by atoms with Gasteiger partial charge in [0.2, 0.25) is 0 Å². The van der Waals surface area contributed by atoms with Crippen LogP contribution in [0.1, 0.15) is 18.9 Å². The number of rotatable bonds is 4. The van der Waals surface area contributed by atoms with Gasteiger partial charge in [0.25, 0.3) is 0 Å². The average Bonchev–Trinajstić information content (AvgIpc) is 3.31. The van der Waals surface area contributed by atoms with Gasteiger partial charge < -0.3 is 15.7 Å². The molecule has 10 heteroatoms. The van der Waals surface area contributed by atoms with Crippen LogP contribution in [0.2, 0.25) is 0 Å². The first kappa shape index (κ1) is 19.6. The van der Waals surface area contributed by atoms with Gasteiger partial charge in [-0.3, -0.25) is 4.40 Å². The van der Waals surface area contributed by atoms with E-state index >= 15 is 0 Å². The second-order valence-electron chi connectivity index (χ2n) is 7.22. The minimum atomic E-state index is -4.85. The summed E-state index contributed by atoms with van der Waals surface area (Å²) in [5.74, 6) is -0.445. The standard InChI is InChI=1S/C19H19F4N5O/c1-18(29,19(21,22)23)11-2-5-16-25-9-15(28(16)10-11)14-4-3-13(20)17(27-14)26-12-6-7-24-8-12/h2-5,9-10,12,24,29H,6-8H2,1H3,(H,26,27). The summed E-state index contributed by atoms with van der Waals surface area (Å²) in [4.78, 5) is 8.48. The quantitative estimate of drug-likeness (QED) is 0.578. The van der Waals surface area contributed by atoms with Gasteiger partial charge in [-0.2, -0.15) is 13.2 Å². The number of pyridine rings is 2. The molecule has 0 bridgehead atoms. The fraction of sp³-hybridized carbons (Fsp3) is 0.368. The number of alkyl halides is 3. The molecule has 2 unspecified atom stereocenters. The van der Waals surface area contributed by atoms with E-state index in [2.05, 4.69) is 20.6 Å². The van der Waals surface area contributed by atoms with Crippen molar-refractivity contribution in [1.82, 2.24) is 19.7 Å². The molecule has 0 saturated carbocycles. The number of aliphatic hydroxyl groups is 1. The summed E-state index contributed by atoms with van der Waals surface area (Å²) in [6.07, 6.45) is -1.40. The summed E-state index contributed by atoms with van der Waals surface area (Å²) >= 11 is 0. The predicted octanol–water partition coefficient (Wildman–Crippen LogP) is 3.08. The van der Waals surface area contributed by atoms with Crippen molar-refractivity contribution in [2.45, 2.75) is 31.2 Å². The molecule has 154 valence electrons. The highest BCUT2D eigenvalue weighted by atomic mass is 19.4. The third kappa shape index (κ3) is 3.53. The van der Waals surface area contributed by atoms with Crippen LogP contribution in [0, 0.1) is 5.82 Å². The van der Waals surface area contributed by atoms with Gasteiger partial charge in [-0.15, -0.1) is 0 Å². The second kappa shape index (κ2) is 6.96. The summed E-state index contributed by atoms with van der Waals surface area (Å²) in [5.41, 5.74) is -2.26. The van der Waals surface area contributed by atoms with Crippen molar-refractivity contribution >= 4 is 11.5 Å². The molecular weight excluding hydrogens is 390 g/mol. The molecule has 0 spiro atoms. The van der Waals surface area contributed by atoms with Crippen LogP contribution in [0.4, 0.5) is 23.4 Å². The lowest BCUT2D eigenvalue weighted by Gasteiger charge is -2.26. The molecule has 0 amide bonds. The van der Waals surface area contributed by atoms with Crippen LogP contribution in [-0.4, -0.2) is 44.8 Å².